The van der Waals surface area contributed by atoms with Crippen LogP contribution in [-0.2, 0) is 11.2 Å². The number of piperidine rings is 1. The second-order valence-corrected chi connectivity index (χ2v) is 7.76. The lowest BCUT2D eigenvalue weighted by Gasteiger charge is -2.31. The van der Waals surface area contributed by atoms with E-state index in [2.05, 4.69) is 12.2 Å². The highest BCUT2D eigenvalue weighted by Crippen LogP contribution is 2.21. The van der Waals surface area contributed by atoms with E-state index in [1.807, 2.05) is 17.9 Å². The normalized spacial score (nSPS) is 16.3. The van der Waals surface area contributed by atoms with Gasteiger partial charge in [-0.3, -0.25) is 9.59 Å². The van der Waals surface area contributed by atoms with Gasteiger partial charge in [0.2, 0.25) is 5.91 Å². The third kappa shape index (κ3) is 5.22. The third-order valence-electron chi connectivity index (χ3n) is 5.23. The van der Waals surface area contributed by atoms with Crippen LogP contribution in [-0.4, -0.2) is 40.9 Å². The Bertz CT molecular complexity index is 938. The van der Waals surface area contributed by atoms with Gasteiger partial charge in [0.25, 0.3) is 5.91 Å². The molecule has 1 atom stereocenters. The van der Waals surface area contributed by atoms with Crippen molar-refractivity contribution in [1.82, 2.24) is 4.90 Å². The molecule has 1 aliphatic heterocycles. The Hall–Kier alpha value is -3.15. The van der Waals surface area contributed by atoms with Crippen LogP contribution in [0.1, 0.15) is 51.6 Å². The molecule has 29 heavy (non-hydrogen) atoms. The first-order valence-corrected chi connectivity index (χ1v) is 9.85. The quantitative estimate of drug-likeness (QED) is 0.809. The predicted octanol–water partition coefficient (Wildman–Crippen LogP) is 3.75. The van der Waals surface area contributed by atoms with Crippen molar-refractivity contribution in [2.75, 3.05) is 18.4 Å². The molecule has 2 amide bonds. The second-order valence-electron chi connectivity index (χ2n) is 7.76. The molecule has 2 aromatic carbocycles. The zero-order valence-electron chi connectivity index (χ0n) is 16.8. The fraction of sp³-hybridized carbons (Fsp3) is 0.348. The summed E-state index contributed by atoms with van der Waals surface area (Å²) in [5.74, 6) is -0.707. The number of likely N-dealkylation sites (tertiary alicyclic amines) is 1. The number of carbonyl (C=O) groups is 3. The number of nitrogens with one attached hydrogen (secondary N) is 1. The minimum atomic E-state index is -1.02. The van der Waals surface area contributed by atoms with E-state index >= 15 is 0 Å². The Labute approximate surface area is 170 Å². The summed E-state index contributed by atoms with van der Waals surface area (Å²) in [5.41, 5.74) is 2.87. The fourth-order valence-electron chi connectivity index (χ4n) is 3.69. The highest BCUT2D eigenvalue weighted by molar-refractivity contribution is 5.97. The molecule has 0 radical (unpaired) electrons. The first kappa shape index (κ1) is 20.6. The molecule has 0 aromatic heterocycles. The number of hydrogen-bond donors (Lipinski definition) is 2. The fourth-order valence-corrected chi connectivity index (χ4v) is 3.69. The molecule has 1 heterocycles. The van der Waals surface area contributed by atoms with Gasteiger partial charge < -0.3 is 15.3 Å². The maximum atomic E-state index is 12.7. The van der Waals surface area contributed by atoms with E-state index in [1.54, 1.807) is 24.3 Å². The second kappa shape index (κ2) is 8.90. The van der Waals surface area contributed by atoms with Gasteiger partial charge in [0.05, 0.1) is 12.0 Å². The summed E-state index contributed by atoms with van der Waals surface area (Å²) in [6, 6.07) is 11.6. The Morgan fingerprint density at radius 1 is 1.14 bits per heavy atom. The smallest absolute Gasteiger partial charge is 0.335 e. The summed E-state index contributed by atoms with van der Waals surface area (Å²) >= 11 is 0. The highest BCUT2D eigenvalue weighted by Gasteiger charge is 2.22. The topological polar surface area (TPSA) is 86.7 Å². The molecular weight excluding hydrogens is 368 g/mol. The number of anilines is 1. The van der Waals surface area contributed by atoms with Crippen molar-refractivity contribution in [3.63, 3.8) is 0 Å². The van der Waals surface area contributed by atoms with Gasteiger partial charge in [0.1, 0.15) is 0 Å². The number of aromatic carboxylic acids is 1. The van der Waals surface area contributed by atoms with Crippen LogP contribution in [0, 0.1) is 12.8 Å². The molecule has 2 N–H and O–H groups in total. The molecule has 2 aromatic rings. The zero-order chi connectivity index (χ0) is 21.0. The van der Waals surface area contributed by atoms with E-state index in [4.69, 9.17) is 5.11 Å². The van der Waals surface area contributed by atoms with E-state index in [1.165, 1.54) is 12.1 Å². The maximum absolute atomic E-state index is 12.7. The SMILES string of the molecule is Cc1cc(C(=O)N2CCCC(C)C2)ccc1NC(=O)Cc1cccc(C(=O)O)c1. The van der Waals surface area contributed by atoms with Crippen molar-refractivity contribution in [3.05, 3.63) is 64.7 Å². The number of aryl methyl sites for hydroxylation is 1. The van der Waals surface area contributed by atoms with Crippen LogP contribution in [0.5, 0.6) is 0 Å². The van der Waals surface area contributed by atoms with Crippen LogP contribution in [0.2, 0.25) is 0 Å². The highest BCUT2D eigenvalue weighted by atomic mass is 16.4. The van der Waals surface area contributed by atoms with Crippen LogP contribution < -0.4 is 5.32 Å². The third-order valence-corrected chi connectivity index (χ3v) is 5.23. The van der Waals surface area contributed by atoms with Crippen LogP contribution in [0.4, 0.5) is 5.69 Å². The molecule has 1 aliphatic rings. The number of carboxylic acids is 1. The van der Waals surface area contributed by atoms with Crippen molar-refractivity contribution in [2.45, 2.75) is 33.1 Å². The number of benzene rings is 2. The van der Waals surface area contributed by atoms with Crippen LogP contribution in [0.25, 0.3) is 0 Å². The van der Waals surface area contributed by atoms with Gasteiger partial charge in [-0.1, -0.05) is 19.1 Å². The molecule has 1 fully saturated rings. The Balaban J connectivity index is 1.65. The number of amides is 2. The summed E-state index contributed by atoms with van der Waals surface area (Å²) in [4.78, 5) is 38.1. The van der Waals surface area contributed by atoms with Gasteiger partial charge in [0, 0.05) is 24.3 Å². The molecular formula is C23H26N2O4. The lowest BCUT2D eigenvalue weighted by atomic mass is 9.99. The standard InChI is InChI=1S/C23H26N2O4/c1-15-5-4-10-25(14-15)22(27)18-8-9-20(16(2)11-18)24-21(26)13-17-6-3-7-19(12-17)23(28)29/h3,6-9,11-12,15H,4-5,10,13-14H2,1-2H3,(H,24,26)(H,28,29). The van der Waals surface area contributed by atoms with E-state index in [0.29, 0.717) is 22.7 Å². The van der Waals surface area contributed by atoms with Gasteiger partial charge >= 0.3 is 5.97 Å². The molecule has 0 aliphatic carbocycles. The number of rotatable bonds is 5. The Morgan fingerprint density at radius 2 is 1.93 bits per heavy atom. The number of carboxylic acid groups (broad SMARTS) is 1. The first-order chi connectivity index (χ1) is 13.8. The number of hydrogen-bond acceptors (Lipinski definition) is 3. The summed E-state index contributed by atoms with van der Waals surface area (Å²) in [6.07, 6.45) is 2.26. The van der Waals surface area contributed by atoms with E-state index in [-0.39, 0.29) is 23.8 Å². The molecule has 0 saturated carbocycles. The van der Waals surface area contributed by atoms with Crippen molar-refractivity contribution < 1.29 is 19.5 Å². The van der Waals surface area contributed by atoms with E-state index in [9.17, 15) is 14.4 Å². The predicted molar refractivity (Wildman–Crippen MR) is 111 cm³/mol. The molecule has 1 unspecified atom stereocenters. The molecule has 0 bridgehead atoms. The summed E-state index contributed by atoms with van der Waals surface area (Å²) in [6.45, 7) is 5.59. The van der Waals surface area contributed by atoms with Crippen LogP contribution in [0.3, 0.4) is 0 Å². The largest absolute Gasteiger partial charge is 0.478 e. The molecule has 3 rings (SSSR count). The van der Waals surface area contributed by atoms with E-state index in [0.717, 1.165) is 31.5 Å². The lowest BCUT2D eigenvalue weighted by molar-refractivity contribution is -0.115. The van der Waals surface area contributed by atoms with Crippen molar-refractivity contribution in [1.29, 1.82) is 0 Å². The monoisotopic (exact) mass is 394 g/mol. The van der Waals surface area contributed by atoms with Crippen LogP contribution >= 0.6 is 0 Å². The molecule has 1 saturated heterocycles. The average molecular weight is 394 g/mol. The van der Waals surface area contributed by atoms with Crippen molar-refractivity contribution in [3.8, 4) is 0 Å². The molecule has 152 valence electrons. The van der Waals surface area contributed by atoms with Crippen LogP contribution in [0.15, 0.2) is 42.5 Å². The molecule has 6 heteroatoms. The summed E-state index contributed by atoms with van der Waals surface area (Å²) in [5, 5.41) is 11.9. The summed E-state index contributed by atoms with van der Waals surface area (Å²) in [7, 11) is 0. The average Bonchev–Trinajstić information content (AvgIpc) is 2.69. The minimum absolute atomic E-state index is 0.0306. The number of carbonyl (C=O) groups excluding carboxylic acids is 2. The Kier molecular flexibility index (Phi) is 6.32. The van der Waals surface area contributed by atoms with Gasteiger partial charge in [-0.2, -0.15) is 0 Å². The summed E-state index contributed by atoms with van der Waals surface area (Å²) < 4.78 is 0. The van der Waals surface area contributed by atoms with Gasteiger partial charge in [0.15, 0.2) is 0 Å². The van der Waals surface area contributed by atoms with Gasteiger partial charge in [-0.25, -0.2) is 4.79 Å². The minimum Gasteiger partial charge on any atom is -0.478 e. The van der Waals surface area contributed by atoms with E-state index < -0.39 is 5.97 Å². The first-order valence-electron chi connectivity index (χ1n) is 9.85. The van der Waals surface area contributed by atoms with Gasteiger partial charge in [-0.05, 0) is 67.1 Å². The Morgan fingerprint density at radius 3 is 2.62 bits per heavy atom. The van der Waals surface area contributed by atoms with Gasteiger partial charge in [-0.15, -0.1) is 0 Å². The molecule has 6 nitrogen and oxygen atoms in total. The maximum Gasteiger partial charge on any atom is 0.335 e. The number of nitrogens with zero attached hydrogens (tertiary/aromatic N) is 1. The zero-order valence-corrected chi connectivity index (χ0v) is 16.8. The van der Waals surface area contributed by atoms with Crippen molar-refractivity contribution in [2.24, 2.45) is 5.92 Å². The van der Waals surface area contributed by atoms with Crippen molar-refractivity contribution >= 4 is 23.5 Å². The molecule has 0 spiro atoms. The lowest BCUT2D eigenvalue weighted by Crippen LogP contribution is -2.39.